The summed E-state index contributed by atoms with van der Waals surface area (Å²) in [4.78, 5) is 15.8. The molecule has 6 nitrogen and oxygen atoms in total. The Morgan fingerprint density at radius 1 is 0.872 bits per heavy atom. The fourth-order valence-corrected chi connectivity index (χ4v) is 6.10. The second-order valence-electron chi connectivity index (χ2n) is 9.54. The van der Waals surface area contributed by atoms with E-state index in [0.717, 1.165) is 27.8 Å². The summed E-state index contributed by atoms with van der Waals surface area (Å²) in [6, 6.07) is 33.4. The first kappa shape index (κ1) is 26.4. The maximum Gasteiger partial charge on any atom is 0.306 e. The highest BCUT2D eigenvalue weighted by molar-refractivity contribution is 7.89. The van der Waals surface area contributed by atoms with Crippen LogP contribution in [-0.2, 0) is 19.6 Å². The number of aryl methyl sites for hydroxylation is 1. The molecule has 0 amide bonds. The Hall–Kier alpha value is -4.20. The van der Waals surface area contributed by atoms with E-state index in [1.54, 1.807) is 29.3 Å². The molecule has 198 valence electrons. The minimum Gasteiger partial charge on any atom is -0.469 e. The smallest absolute Gasteiger partial charge is 0.306 e. The summed E-state index contributed by atoms with van der Waals surface area (Å²) in [7, 11) is -2.62. The van der Waals surface area contributed by atoms with Gasteiger partial charge in [0.25, 0.3) is 10.0 Å². The van der Waals surface area contributed by atoms with Crippen molar-refractivity contribution in [1.29, 1.82) is 0 Å². The molecule has 39 heavy (non-hydrogen) atoms. The molecule has 7 heteroatoms. The average Bonchev–Trinajstić information content (AvgIpc) is 2.96. The first-order valence-electron chi connectivity index (χ1n) is 12.7. The summed E-state index contributed by atoms with van der Waals surface area (Å²) in [6.07, 6.45) is 2.05. The monoisotopic (exact) mass is 538 g/mol. The van der Waals surface area contributed by atoms with E-state index < -0.39 is 22.0 Å². The number of fused-ring (bicyclic) bond motifs is 1. The molecule has 0 fully saturated rings. The van der Waals surface area contributed by atoms with Crippen molar-refractivity contribution >= 4 is 27.8 Å². The van der Waals surface area contributed by atoms with Gasteiger partial charge in [-0.15, -0.1) is 4.83 Å². The van der Waals surface area contributed by atoms with Crippen LogP contribution >= 0.6 is 0 Å². The molecule has 2 unspecified atom stereocenters. The molecule has 1 aliphatic heterocycles. The maximum atomic E-state index is 13.8. The molecular formula is C32H30N2O4S. The molecule has 0 spiro atoms. The number of nitrogens with zero attached hydrogens (tertiary/aromatic N) is 1. The van der Waals surface area contributed by atoms with E-state index >= 15 is 0 Å². The van der Waals surface area contributed by atoms with E-state index in [-0.39, 0.29) is 17.3 Å². The third-order valence-electron chi connectivity index (χ3n) is 6.99. The molecule has 4 aromatic rings. The van der Waals surface area contributed by atoms with Crippen LogP contribution in [0.4, 0.5) is 0 Å². The summed E-state index contributed by atoms with van der Waals surface area (Å²) in [5, 5.41) is 1.70. The van der Waals surface area contributed by atoms with Crippen LogP contribution in [0.3, 0.4) is 0 Å². The lowest BCUT2D eigenvalue weighted by Gasteiger charge is -2.43. The van der Waals surface area contributed by atoms with Gasteiger partial charge in [0.1, 0.15) is 0 Å². The number of hydrogen-bond donors (Lipinski definition) is 1. The average molecular weight is 539 g/mol. The van der Waals surface area contributed by atoms with E-state index in [1.807, 2.05) is 97.9 Å². The molecule has 0 aromatic heterocycles. The van der Waals surface area contributed by atoms with Gasteiger partial charge in [0.15, 0.2) is 0 Å². The predicted octanol–water partition coefficient (Wildman–Crippen LogP) is 6.09. The van der Waals surface area contributed by atoms with Gasteiger partial charge in [-0.05, 0) is 47.4 Å². The minimum atomic E-state index is -3.98. The van der Waals surface area contributed by atoms with E-state index in [2.05, 4.69) is 4.83 Å². The van der Waals surface area contributed by atoms with E-state index in [4.69, 9.17) is 4.74 Å². The number of rotatable bonds is 8. The highest BCUT2D eigenvalue weighted by Gasteiger charge is 2.39. The van der Waals surface area contributed by atoms with Crippen molar-refractivity contribution in [1.82, 2.24) is 9.84 Å². The first-order valence-corrected chi connectivity index (χ1v) is 14.2. The summed E-state index contributed by atoms with van der Waals surface area (Å²) in [5.41, 5.74) is 5.25. The minimum absolute atomic E-state index is 0.0599. The van der Waals surface area contributed by atoms with Crippen molar-refractivity contribution in [2.75, 3.05) is 7.11 Å². The van der Waals surface area contributed by atoms with Crippen LogP contribution in [0.15, 0.2) is 114 Å². The van der Waals surface area contributed by atoms with Crippen LogP contribution in [0.2, 0.25) is 0 Å². The summed E-state index contributed by atoms with van der Waals surface area (Å²) in [5.74, 6) is -0.800. The topological polar surface area (TPSA) is 75.7 Å². The molecule has 0 radical (unpaired) electrons. The standard InChI is InChI=1S/C32H30N2O4S/c1-23-17-19-27(20-18-23)39(36,37)33-34-30(25-13-7-4-8-14-25)21-26-15-9-10-16-28(26)32(34)29(22-31(35)38-2)24-11-5-3-6-12-24/h3-21,29,32-33H,22H2,1-2H3. The summed E-state index contributed by atoms with van der Waals surface area (Å²) >= 11 is 0. The van der Waals surface area contributed by atoms with Crippen molar-refractivity contribution in [2.45, 2.75) is 30.2 Å². The van der Waals surface area contributed by atoms with Crippen molar-refractivity contribution in [3.05, 3.63) is 137 Å². The zero-order valence-corrected chi connectivity index (χ0v) is 22.6. The van der Waals surface area contributed by atoms with Gasteiger partial charge in [-0.3, -0.25) is 9.80 Å². The normalized spacial score (nSPS) is 15.7. The number of hydrogen-bond acceptors (Lipinski definition) is 5. The van der Waals surface area contributed by atoms with Crippen molar-refractivity contribution in [3.63, 3.8) is 0 Å². The molecule has 1 aliphatic rings. The van der Waals surface area contributed by atoms with E-state index in [0.29, 0.717) is 5.70 Å². The molecular weight excluding hydrogens is 508 g/mol. The Balaban J connectivity index is 1.72. The number of carbonyl (C=O) groups excluding carboxylic acids is 1. The lowest BCUT2D eigenvalue weighted by atomic mass is 9.80. The number of nitrogens with one attached hydrogen (secondary N) is 1. The largest absolute Gasteiger partial charge is 0.469 e. The zero-order chi connectivity index (χ0) is 27.4. The van der Waals surface area contributed by atoms with Gasteiger partial charge in [-0.25, -0.2) is 8.42 Å². The van der Waals surface area contributed by atoms with Crippen LogP contribution in [0, 0.1) is 6.92 Å². The van der Waals surface area contributed by atoms with E-state index in [9.17, 15) is 13.2 Å². The quantitative estimate of drug-likeness (QED) is 0.275. The Kier molecular flexibility index (Phi) is 7.63. The molecule has 4 aromatic carbocycles. The van der Waals surface area contributed by atoms with Crippen LogP contribution < -0.4 is 4.83 Å². The summed E-state index contributed by atoms with van der Waals surface area (Å²) in [6.45, 7) is 1.91. The highest BCUT2D eigenvalue weighted by atomic mass is 32.2. The van der Waals surface area contributed by atoms with Crippen LogP contribution in [0.25, 0.3) is 11.8 Å². The lowest BCUT2D eigenvalue weighted by molar-refractivity contribution is -0.141. The van der Waals surface area contributed by atoms with Crippen molar-refractivity contribution in [2.24, 2.45) is 0 Å². The number of esters is 1. The molecule has 2 atom stereocenters. The lowest BCUT2D eigenvalue weighted by Crippen LogP contribution is -2.46. The number of methoxy groups -OCH3 is 1. The van der Waals surface area contributed by atoms with Crippen LogP contribution in [0.1, 0.15) is 46.2 Å². The predicted molar refractivity (Wildman–Crippen MR) is 153 cm³/mol. The number of carbonyl (C=O) groups is 1. The van der Waals surface area contributed by atoms with Crippen molar-refractivity contribution < 1.29 is 17.9 Å². The molecule has 0 saturated carbocycles. The van der Waals surface area contributed by atoms with Gasteiger partial charge in [0.2, 0.25) is 0 Å². The van der Waals surface area contributed by atoms with Crippen molar-refractivity contribution in [3.8, 4) is 0 Å². The van der Waals surface area contributed by atoms with Crippen LogP contribution in [0.5, 0.6) is 0 Å². The van der Waals surface area contributed by atoms with E-state index in [1.165, 1.54) is 7.11 Å². The fourth-order valence-electron chi connectivity index (χ4n) is 5.03. The Bertz CT molecular complexity index is 1580. The fraction of sp³-hybridized carbons (Fsp3) is 0.156. The van der Waals surface area contributed by atoms with Gasteiger partial charge in [0, 0.05) is 5.92 Å². The highest BCUT2D eigenvalue weighted by Crippen LogP contribution is 2.46. The maximum absolute atomic E-state index is 13.8. The van der Waals surface area contributed by atoms with Gasteiger partial charge in [-0.2, -0.15) is 0 Å². The Morgan fingerprint density at radius 2 is 1.49 bits per heavy atom. The molecule has 5 rings (SSSR count). The Labute approximate surface area is 229 Å². The van der Waals surface area contributed by atoms with Gasteiger partial charge >= 0.3 is 5.97 Å². The molecule has 1 N–H and O–H groups in total. The molecule has 0 aliphatic carbocycles. The molecule has 0 bridgehead atoms. The molecule has 1 heterocycles. The Morgan fingerprint density at radius 3 is 2.15 bits per heavy atom. The zero-order valence-electron chi connectivity index (χ0n) is 21.8. The first-order chi connectivity index (χ1) is 18.9. The van der Waals surface area contributed by atoms with Gasteiger partial charge < -0.3 is 4.74 Å². The van der Waals surface area contributed by atoms with Gasteiger partial charge in [0.05, 0.1) is 30.2 Å². The summed E-state index contributed by atoms with van der Waals surface area (Å²) < 4.78 is 32.7. The number of hydrazine groups is 1. The number of ether oxygens (including phenoxy) is 1. The second kappa shape index (κ2) is 11.3. The third-order valence-corrected chi connectivity index (χ3v) is 8.32. The SMILES string of the molecule is COC(=O)CC(c1ccccc1)C1c2ccccc2C=C(c2ccccc2)N1NS(=O)(=O)c1ccc(C)cc1. The third kappa shape index (κ3) is 5.65. The van der Waals surface area contributed by atoms with Crippen LogP contribution in [-0.4, -0.2) is 26.5 Å². The molecule has 0 saturated heterocycles. The second-order valence-corrected chi connectivity index (χ2v) is 11.2. The number of sulfonamides is 1. The number of benzene rings is 4. The van der Waals surface area contributed by atoms with Gasteiger partial charge in [-0.1, -0.05) is 103 Å².